The molecule has 6 nitrogen and oxygen atoms in total. The van der Waals surface area contributed by atoms with Crippen LogP contribution in [0.15, 0.2) is 42.7 Å². The summed E-state index contributed by atoms with van der Waals surface area (Å²) >= 11 is 6.07. The molecular weight excluding hydrogens is 338 g/mol. The fourth-order valence-corrected chi connectivity index (χ4v) is 2.77. The van der Waals surface area contributed by atoms with Crippen molar-refractivity contribution in [2.24, 2.45) is 0 Å². The zero-order chi connectivity index (χ0) is 17.6. The minimum absolute atomic E-state index is 0.261. The van der Waals surface area contributed by atoms with E-state index in [1.165, 1.54) is 12.4 Å². The molecule has 0 atom stereocenters. The predicted octanol–water partition coefficient (Wildman–Crippen LogP) is 2.53. The number of carbonyl (C=O) groups excluding carboxylic acids is 1. The van der Waals surface area contributed by atoms with E-state index in [4.69, 9.17) is 11.6 Å². The standard InChI is InChI=1S/C18H20ClN5O/c1-23-8-10-24(11-9-23)17-12-16(20-13-21-17)22-18(25)7-6-14-4-2-3-5-15(14)19/h2-7,12-13H,8-11H2,1H3,(H,20,21,22,25)/b7-6+. The van der Waals surface area contributed by atoms with E-state index in [1.807, 2.05) is 18.2 Å². The minimum Gasteiger partial charge on any atom is -0.354 e. The Morgan fingerprint density at radius 2 is 1.96 bits per heavy atom. The van der Waals surface area contributed by atoms with Crippen LogP contribution in [0.5, 0.6) is 0 Å². The quantitative estimate of drug-likeness (QED) is 0.852. The lowest BCUT2D eigenvalue weighted by Gasteiger charge is -2.33. The number of rotatable bonds is 4. The van der Waals surface area contributed by atoms with Gasteiger partial charge in [-0.15, -0.1) is 0 Å². The van der Waals surface area contributed by atoms with Gasteiger partial charge >= 0.3 is 0 Å². The molecule has 0 aliphatic carbocycles. The highest BCUT2D eigenvalue weighted by molar-refractivity contribution is 6.32. The first-order chi connectivity index (χ1) is 12.1. The van der Waals surface area contributed by atoms with Crippen molar-refractivity contribution in [2.75, 3.05) is 43.4 Å². The SMILES string of the molecule is CN1CCN(c2cc(NC(=O)/C=C/c3ccccc3Cl)ncn2)CC1. The molecule has 1 N–H and O–H groups in total. The predicted molar refractivity (Wildman–Crippen MR) is 101 cm³/mol. The molecule has 1 aliphatic heterocycles. The molecule has 1 amide bonds. The van der Waals surface area contributed by atoms with Gasteiger partial charge in [0.05, 0.1) is 0 Å². The second kappa shape index (κ2) is 8.09. The van der Waals surface area contributed by atoms with Crippen LogP contribution in [0.3, 0.4) is 0 Å². The first-order valence-corrected chi connectivity index (χ1v) is 8.49. The first-order valence-electron chi connectivity index (χ1n) is 8.11. The fourth-order valence-electron chi connectivity index (χ4n) is 2.57. The smallest absolute Gasteiger partial charge is 0.249 e. The Morgan fingerprint density at radius 3 is 2.72 bits per heavy atom. The molecule has 130 valence electrons. The van der Waals surface area contributed by atoms with Gasteiger partial charge in [0.25, 0.3) is 0 Å². The van der Waals surface area contributed by atoms with Crippen LogP contribution in [0.4, 0.5) is 11.6 Å². The number of anilines is 2. The summed E-state index contributed by atoms with van der Waals surface area (Å²) in [5.41, 5.74) is 0.792. The van der Waals surface area contributed by atoms with Crippen molar-refractivity contribution in [3.63, 3.8) is 0 Å². The Morgan fingerprint density at radius 1 is 1.20 bits per heavy atom. The lowest BCUT2D eigenvalue weighted by molar-refractivity contribution is -0.111. The molecule has 1 saturated heterocycles. The minimum atomic E-state index is -0.261. The second-order valence-electron chi connectivity index (χ2n) is 5.90. The maximum absolute atomic E-state index is 12.1. The number of piperazine rings is 1. The van der Waals surface area contributed by atoms with Crippen molar-refractivity contribution in [3.05, 3.63) is 53.3 Å². The number of nitrogens with zero attached hydrogens (tertiary/aromatic N) is 4. The zero-order valence-electron chi connectivity index (χ0n) is 14.0. The van der Waals surface area contributed by atoms with Crippen molar-refractivity contribution >= 4 is 35.2 Å². The molecule has 1 fully saturated rings. The van der Waals surface area contributed by atoms with E-state index in [9.17, 15) is 4.79 Å². The third-order valence-electron chi connectivity index (χ3n) is 4.05. The summed E-state index contributed by atoms with van der Waals surface area (Å²) < 4.78 is 0. The first kappa shape index (κ1) is 17.4. The molecule has 2 aromatic rings. The lowest BCUT2D eigenvalue weighted by Crippen LogP contribution is -2.44. The third kappa shape index (κ3) is 4.78. The number of carbonyl (C=O) groups is 1. The number of amides is 1. The molecule has 2 heterocycles. The number of benzene rings is 1. The number of aromatic nitrogens is 2. The molecule has 0 unspecified atom stereocenters. The molecule has 7 heteroatoms. The Hall–Kier alpha value is -2.44. The molecule has 1 aromatic carbocycles. The highest BCUT2D eigenvalue weighted by Crippen LogP contribution is 2.17. The molecule has 0 spiro atoms. The lowest BCUT2D eigenvalue weighted by atomic mass is 10.2. The van der Waals surface area contributed by atoms with Crippen LogP contribution < -0.4 is 10.2 Å². The van der Waals surface area contributed by atoms with E-state index in [2.05, 4.69) is 32.1 Å². The molecule has 0 radical (unpaired) electrons. The number of likely N-dealkylation sites (N-methyl/N-ethyl adjacent to an activating group) is 1. The Kier molecular flexibility index (Phi) is 5.63. The van der Waals surface area contributed by atoms with Gasteiger partial charge in [-0.05, 0) is 24.8 Å². The van der Waals surface area contributed by atoms with Gasteiger partial charge < -0.3 is 15.1 Å². The highest BCUT2D eigenvalue weighted by atomic mass is 35.5. The van der Waals surface area contributed by atoms with Gasteiger partial charge in [0, 0.05) is 43.3 Å². The molecular formula is C18H20ClN5O. The summed E-state index contributed by atoms with van der Waals surface area (Å²) in [6.45, 7) is 3.80. The number of hydrogen-bond acceptors (Lipinski definition) is 5. The maximum Gasteiger partial charge on any atom is 0.249 e. The average Bonchev–Trinajstić information content (AvgIpc) is 2.62. The van der Waals surface area contributed by atoms with E-state index < -0.39 is 0 Å². The van der Waals surface area contributed by atoms with Crippen molar-refractivity contribution in [3.8, 4) is 0 Å². The van der Waals surface area contributed by atoms with Gasteiger partial charge in [-0.1, -0.05) is 29.8 Å². The van der Waals surface area contributed by atoms with Gasteiger partial charge in [-0.3, -0.25) is 4.79 Å². The summed E-state index contributed by atoms with van der Waals surface area (Å²) in [5, 5.41) is 3.37. The number of halogens is 1. The zero-order valence-corrected chi connectivity index (χ0v) is 14.8. The second-order valence-corrected chi connectivity index (χ2v) is 6.30. The molecule has 1 aliphatic rings. The molecule has 0 bridgehead atoms. The van der Waals surface area contributed by atoms with E-state index in [1.54, 1.807) is 18.2 Å². The Labute approximate surface area is 152 Å². The highest BCUT2D eigenvalue weighted by Gasteiger charge is 2.15. The number of nitrogens with one attached hydrogen (secondary N) is 1. The average molecular weight is 358 g/mol. The van der Waals surface area contributed by atoms with E-state index in [0.717, 1.165) is 37.6 Å². The summed E-state index contributed by atoms with van der Waals surface area (Å²) in [4.78, 5) is 25.0. The summed E-state index contributed by atoms with van der Waals surface area (Å²) in [7, 11) is 2.11. The van der Waals surface area contributed by atoms with Crippen LogP contribution in [-0.4, -0.2) is 54.0 Å². The van der Waals surface area contributed by atoms with Crippen molar-refractivity contribution in [1.82, 2.24) is 14.9 Å². The molecule has 1 aromatic heterocycles. The van der Waals surface area contributed by atoms with Crippen LogP contribution in [-0.2, 0) is 4.79 Å². The van der Waals surface area contributed by atoms with Crippen molar-refractivity contribution in [1.29, 1.82) is 0 Å². The Bertz CT molecular complexity index is 772. The van der Waals surface area contributed by atoms with E-state index in [0.29, 0.717) is 10.8 Å². The number of hydrogen-bond donors (Lipinski definition) is 1. The molecule has 3 rings (SSSR count). The van der Waals surface area contributed by atoms with Crippen LogP contribution in [0.25, 0.3) is 6.08 Å². The van der Waals surface area contributed by atoms with Crippen LogP contribution >= 0.6 is 11.6 Å². The molecule has 0 saturated carbocycles. The molecule has 25 heavy (non-hydrogen) atoms. The van der Waals surface area contributed by atoms with Gasteiger partial charge in [0.1, 0.15) is 18.0 Å². The topological polar surface area (TPSA) is 61.4 Å². The third-order valence-corrected chi connectivity index (χ3v) is 4.39. The van der Waals surface area contributed by atoms with Crippen molar-refractivity contribution < 1.29 is 4.79 Å². The van der Waals surface area contributed by atoms with Gasteiger partial charge in [-0.25, -0.2) is 9.97 Å². The fraction of sp³-hybridized carbons (Fsp3) is 0.278. The van der Waals surface area contributed by atoms with Crippen LogP contribution in [0.1, 0.15) is 5.56 Å². The van der Waals surface area contributed by atoms with Crippen molar-refractivity contribution in [2.45, 2.75) is 0 Å². The van der Waals surface area contributed by atoms with E-state index >= 15 is 0 Å². The summed E-state index contributed by atoms with van der Waals surface area (Å²) in [6.07, 6.45) is 4.60. The largest absolute Gasteiger partial charge is 0.354 e. The van der Waals surface area contributed by atoms with Gasteiger partial charge in [0.2, 0.25) is 5.91 Å². The monoisotopic (exact) mass is 357 g/mol. The summed E-state index contributed by atoms with van der Waals surface area (Å²) in [6, 6.07) is 9.15. The Balaban J connectivity index is 1.64. The van der Waals surface area contributed by atoms with Gasteiger partial charge in [-0.2, -0.15) is 0 Å². The summed E-state index contributed by atoms with van der Waals surface area (Å²) in [5.74, 6) is 1.05. The van der Waals surface area contributed by atoms with Gasteiger partial charge in [0.15, 0.2) is 0 Å². The maximum atomic E-state index is 12.1. The van der Waals surface area contributed by atoms with Crippen LogP contribution in [0, 0.1) is 0 Å². The van der Waals surface area contributed by atoms with E-state index in [-0.39, 0.29) is 5.91 Å². The van der Waals surface area contributed by atoms with Crippen LogP contribution in [0.2, 0.25) is 5.02 Å². The normalized spacial score (nSPS) is 15.5.